The molecule has 1 spiro atoms. The minimum Gasteiger partial charge on any atom is -0.455 e. The Labute approximate surface area is 153 Å². The molecule has 6 heteroatoms. The number of nitrogens with zero attached hydrogens (tertiary/aromatic N) is 4. The Kier molecular flexibility index (Phi) is 3.67. The van der Waals surface area contributed by atoms with Crippen molar-refractivity contribution in [1.29, 1.82) is 0 Å². The summed E-state index contributed by atoms with van der Waals surface area (Å²) < 4.78 is 6.34. The number of anilines is 1. The van der Waals surface area contributed by atoms with Crippen LogP contribution in [0.2, 0.25) is 0 Å². The first-order valence-electron chi connectivity index (χ1n) is 9.31. The topological polar surface area (TPSA) is 62.6 Å². The van der Waals surface area contributed by atoms with Gasteiger partial charge in [-0.25, -0.2) is 9.98 Å². The largest absolute Gasteiger partial charge is 0.455 e. The molecular formula is C20H23N5O. The molecule has 3 fully saturated rings. The molecule has 3 saturated heterocycles. The molecule has 0 radical (unpaired) electrons. The molecule has 0 amide bonds. The van der Waals surface area contributed by atoms with E-state index in [-0.39, 0.29) is 5.60 Å². The number of aromatic nitrogens is 2. The van der Waals surface area contributed by atoms with E-state index in [0.29, 0.717) is 11.9 Å². The molecule has 0 aliphatic carbocycles. The van der Waals surface area contributed by atoms with Crippen LogP contribution in [0.15, 0.2) is 41.8 Å². The number of fused-ring (bicyclic) bond motifs is 2. The minimum absolute atomic E-state index is 0.128. The third-order valence-corrected chi connectivity index (χ3v) is 5.82. The van der Waals surface area contributed by atoms with E-state index in [1.807, 2.05) is 31.5 Å². The fraction of sp³-hybridized carbons (Fsp3) is 0.450. The van der Waals surface area contributed by atoms with Crippen LogP contribution in [0.1, 0.15) is 18.4 Å². The molecule has 2 bridgehead atoms. The van der Waals surface area contributed by atoms with Crippen molar-refractivity contribution in [3.05, 3.63) is 42.4 Å². The van der Waals surface area contributed by atoms with Crippen molar-refractivity contribution in [3.63, 3.8) is 0 Å². The van der Waals surface area contributed by atoms with Crippen molar-refractivity contribution in [2.45, 2.75) is 25.4 Å². The van der Waals surface area contributed by atoms with Gasteiger partial charge >= 0.3 is 0 Å². The molecule has 6 nitrogen and oxygen atoms in total. The second-order valence-electron chi connectivity index (χ2n) is 7.64. The third kappa shape index (κ3) is 2.74. The highest BCUT2D eigenvalue weighted by Gasteiger charge is 2.51. The second-order valence-corrected chi connectivity index (χ2v) is 7.64. The summed E-state index contributed by atoms with van der Waals surface area (Å²) in [7, 11) is 0. The Bertz CT molecular complexity index is 859. The van der Waals surface area contributed by atoms with Gasteiger partial charge in [0.05, 0.1) is 6.54 Å². The van der Waals surface area contributed by atoms with Crippen LogP contribution in [0.4, 0.5) is 5.82 Å². The van der Waals surface area contributed by atoms with E-state index in [1.165, 1.54) is 25.9 Å². The Balaban J connectivity index is 1.32. The van der Waals surface area contributed by atoms with Crippen LogP contribution >= 0.6 is 0 Å². The Hall–Kier alpha value is -2.47. The number of amidine groups is 1. The molecule has 2 aromatic rings. The van der Waals surface area contributed by atoms with E-state index in [2.05, 4.69) is 31.2 Å². The van der Waals surface area contributed by atoms with Crippen molar-refractivity contribution in [2.24, 2.45) is 10.9 Å². The van der Waals surface area contributed by atoms with Crippen LogP contribution in [0, 0.1) is 12.8 Å². The summed E-state index contributed by atoms with van der Waals surface area (Å²) in [5.74, 6) is 1.37. The maximum atomic E-state index is 6.34. The van der Waals surface area contributed by atoms with Gasteiger partial charge in [0, 0.05) is 36.6 Å². The molecular weight excluding hydrogens is 326 g/mol. The molecule has 26 heavy (non-hydrogen) atoms. The standard InChI is InChI=1S/C20H23N5O/c1-14-8-16(11-21-10-14)15-2-5-22-18(9-15)24-19-23-12-20(26-19)13-25-6-3-17(20)4-7-25/h2,5,8-11,17H,3-4,6-7,12-13H2,1H3,(H,22,23,24)/t20-/m0/s1. The number of aryl methyl sites for hydroxylation is 1. The molecule has 4 aliphatic rings. The first-order valence-corrected chi connectivity index (χ1v) is 9.31. The van der Waals surface area contributed by atoms with Crippen molar-refractivity contribution >= 4 is 11.8 Å². The summed E-state index contributed by atoms with van der Waals surface area (Å²) in [6, 6.07) is 6.74. The average molecular weight is 349 g/mol. The summed E-state index contributed by atoms with van der Waals surface area (Å²) >= 11 is 0. The van der Waals surface area contributed by atoms with Crippen molar-refractivity contribution < 1.29 is 4.74 Å². The van der Waals surface area contributed by atoms with Crippen LogP contribution in [-0.4, -0.2) is 52.7 Å². The fourth-order valence-corrected chi connectivity index (χ4v) is 4.45. The van der Waals surface area contributed by atoms with Gasteiger partial charge in [-0.3, -0.25) is 15.2 Å². The van der Waals surface area contributed by atoms with Gasteiger partial charge in [0.25, 0.3) is 6.02 Å². The van der Waals surface area contributed by atoms with Gasteiger partial charge in [-0.2, -0.15) is 0 Å². The van der Waals surface area contributed by atoms with E-state index in [1.54, 1.807) is 6.20 Å². The second kappa shape index (κ2) is 6.06. The Morgan fingerprint density at radius 1 is 1.19 bits per heavy atom. The predicted octanol–water partition coefficient (Wildman–Crippen LogP) is 2.71. The van der Waals surface area contributed by atoms with E-state index in [4.69, 9.17) is 4.74 Å². The SMILES string of the molecule is Cc1cncc(-c2ccnc(NC3=NC[C@@]4(CN5CCC4CC5)O3)c2)c1. The van der Waals surface area contributed by atoms with Gasteiger partial charge in [0.2, 0.25) is 0 Å². The monoisotopic (exact) mass is 349 g/mol. The zero-order valence-corrected chi connectivity index (χ0v) is 15.0. The van der Waals surface area contributed by atoms with Gasteiger partial charge in [-0.15, -0.1) is 0 Å². The molecule has 1 N–H and O–H groups in total. The van der Waals surface area contributed by atoms with Gasteiger partial charge in [0.15, 0.2) is 0 Å². The normalized spacial score (nSPS) is 29.5. The summed E-state index contributed by atoms with van der Waals surface area (Å²) in [6.45, 7) is 6.19. The Morgan fingerprint density at radius 3 is 2.85 bits per heavy atom. The predicted molar refractivity (Wildman–Crippen MR) is 101 cm³/mol. The number of hydrogen-bond acceptors (Lipinski definition) is 6. The van der Waals surface area contributed by atoms with Crippen molar-refractivity contribution in [3.8, 4) is 11.1 Å². The Morgan fingerprint density at radius 2 is 2.08 bits per heavy atom. The number of piperidine rings is 3. The number of rotatable bonds is 2. The number of ether oxygens (including phenoxy) is 1. The molecule has 134 valence electrons. The molecule has 4 aliphatic heterocycles. The fourth-order valence-electron chi connectivity index (χ4n) is 4.45. The number of pyridine rings is 2. The number of aliphatic imine (C=N–C) groups is 1. The molecule has 2 aromatic heterocycles. The third-order valence-electron chi connectivity index (χ3n) is 5.82. The quantitative estimate of drug-likeness (QED) is 0.903. The molecule has 0 unspecified atom stereocenters. The summed E-state index contributed by atoms with van der Waals surface area (Å²) in [4.78, 5) is 15.9. The van der Waals surface area contributed by atoms with Gasteiger partial charge < -0.3 is 4.74 Å². The van der Waals surface area contributed by atoms with E-state index in [0.717, 1.165) is 35.6 Å². The maximum absolute atomic E-state index is 6.34. The van der Waals surface area contributed by atoms with Crippen molar-refractivity contribution in [2.75, 3.05) is 31.5 Å². The average Bonchev–Trinajstić information content (AvgIpc) is 3.05. The molecule has 6 heterocycles. The molecule has 0 saturated carbocycles. The highest BCUT2D eigenvalue weighted by Crippen LogP contribution is 2.40. The van der Waals surface area contributed by atoms with Gasteiger partial charge in [-0.05, 0) is 62.2 Å². The van der Waals surface area contributed by atoms with Gasteiger partial charge in [0.1, 0.15) is 11.4 Å². The number of nitrogens with one attached hydrogen (secondary N) is 1. The van der Waals surface area contributed by atoms with Crippen molar-refractivity contribution in [1.82, 2.24) is 14.9 Å². The van der Waals surface area contributed by atoms with E-state index < -0.39 is 0 Å². The summed E-state index contributed by atoms with van der Waals surface area (Å²) in [5.41, 5.74) is 3.17. The van der Waals surface area contributed by atoms with E-state index in [9.17, 15) is 0 Å². The van der Waals surface area contributed by atoms with Crippen LogP contribution in [0.5, 0.6) is 0 Å². The first-order chi connectivity index (χ1) is 12.7. The lowest BCUT2D eigenvalue weighted by Crippen LogP contribution is -2.61. The highest BCUT2D eigenvalue weighted by molar-refractivity contribution is 5.90. The van der Waals surface area contributed by atoms with Crippen LogP contribution < -0.4 is 5.32 Å². The lowest BCUT2D eigenvalue weighted by Gasteiger charge is -2.50. The van der Waals surface area contributed by atoms with Gasteiger partial charge in [-0.1, -0.05) is 0 Å². The minimum atomic E-state index is -0.128. The maximum Gasteiger partial charge on any atom is 0.291 e. The summed E-state index contributed by atoms with van der Waals surface area (Å²) in [5, 5.41) is 3.27. The molecule has 1 atom stereocenters. The van der Waals surface area contributed by atoms with Crippen LogP contribution in [-0.2, 0) is 4.74 Å². The lowest BCUT2D eigenvalue weighted by molar-refractivity contribution is -0.0829. The lowest BCUT2D eigenvalue weighted by atomic mass is 9.75. The summed E-state index contributed by atoms with van der Waals surface area (Å²) in [6.07, 6.45) is 7.98. The van der Waals surface area contributed by atoms with Crippen LogP contribution in [0.3, 0.4) is 0 Å². The zero-order chi connectivity index (χ0) is 17.6. The highest BCUT2D eigenvalue weighted by atomic mass is 16.5. The smallest absolute Gasteiger partial charge is 0.291 e. The first kappa shape index (κ1) is 15.8. The van der Waals surface area contributed by atoms with E-state index >= 15 is 0 Å². The van der Waals surface area contributed by atoms with Crippen LogP contribution in [0.25, 0.3) is 11.1 Å². The molecule has 0 aromatic carbocycles. The number of hydrogen-bond donors (Lipinski definition) is 1. The zero-order valence-electron chi connectivity index (χ0n) is 15.0. The molecule has 6 rings (SSSR count).